The van der Waals surface area contributed by atoms with Crippen molar-refractivity contribution in [3.05, 3.63) is 39.3 Å². The van der Waals surface area contributed by atoms with Crippen LogP contribution in [0, 0.1) is 6.92 Å². The monoisotopic (exact) mass is 325 g/mol. The zero-order valence-electron chi connectivity index (χ0n) is 10.1. The lowest BCUT2D eigenvalue weighted by Crippen LogP contribution is -2.03. The molecule has 2 rings (SSSR count). The molecule has 0 amide bonds. The highest BCUT2D eigenvalue weighted by Crippen LogP contribution is 2.29. The molecule has 0 aliphatic carbocycles. The molecule has 5 heteroatoms. The van der Waals surface area contributed by atoms with Crippen LogP contribution in [0.3, 0.4) is 0 Å². The zero-order chi connectivity index (χ0) is 13.1. The van der Waals surface area contributed by atoms with Gasteiger partial charge < -0.3 is 4.74 Å². The van der Waals surface area contributed by atoms with Gasteiger partial charge in [-0.1, -0.05) is 28.1 Å². The number of carbonyl (C=O) groups is 1. The van der Waals surface area contributed by atoms with Crippen LogP contribution in [0.5, 0.6) is 0 Å². The van der Waals surface area contributed by atoms with Crippen LogP contribution in [-0.4, -0.2) is 18.1 Å². The lowest BCUT2D eigenvalue weighted by molar-refractivity contribution is -0.139. The van der Waals surface area contributed by atoms with Gasteiger partial charge in [-0.3, -0.25) is 4.79 Å². The van der Waals surface area contributed by atoms with Crippen LogP contribution >= 0.6 is 27.3 Å². The van der Waals surface area contributed by atoms with Gasteiger partial charge in [0.2, 0.25) is 0 Å². The Morgan fingerprint density at radius 1 is 1.39 bits per heavy atom. The van der Waals surface area contributed by atoms with E-state index in [1.807, 2.05) is 31.2 Å². The van der Waals surface area contributed by atoms with E-state index in [1.165, 1.54) is 18.4 Å². The molecule has 0 spiro atoms. The molecule has 18 heavy (non-hydrogen) atoms. The lowest BCUT2D eigenvalue weighted by atomic mass is 10.2. The van der Waals surface area contributed by atoms with Gasteiger partial charge in [0.05, 0.1) is 19.2 Å². The number of ether oxygens (including phenoxy) is 1. The van der Waals surface area contributed by atoms with Gasteiger partial charge in [0.1, 0.15) is 5.01 Å². The van der Waals surface area contributed by atoms with Crippen LogP contribution in [0.1, 0.15) is 10.6 Å². The molecular formula is C13H12BrNO2S. The van der Waals surface area contributed by atoms with E-state index in [2.05, 4.69) is 25.7 Å². The SMILES string of the molecule is COC(=O)Cc1sc(-c2ccc(Br)cc2)nc1C. The summed E-state index contributed by atoms with van der Waals surface area (Å²) in [5, 5.41) is 0.930. The number of hydrogen-bond acceptors (Lipinski definition) is 4. The fourth-order valence-corrected chi connectivity index (χ4v) is 2.83. The molecule has 0 bridgehead atoms. The molecule has 0 unspecified atom stereocenters. The summed E-state index contributed by atoms with van der Waals surface area (Å²) in [6.07, 6.45) is 0.288. The maximum atomic E-state index is 11.3. The maximum Gasteiger partial charge on any atom is 0.310 e. The first kappa shape index (κ1) is 13.2. The number of rotatable bonds is 3. The van der Waals surface area contributed by atoms with Gasteiger partial charge in [0, 0.05) is 14.9 Å². The number of aryl methyl sites for hydroxylation is 1. The molecule has 3 nitrogen and oxygen atoms in total. The Morgan fingerprint density at radius 3 is 2.67 bits per heavy atom. The molecule has 0 N–H and O–H groups in total. The summed E-state index contributed by atoms with van der Waals surface area (Å²) in [7, 11) is 1.40. The third-order valence-electron chi connectivity index (χ3n) is 2.52. The summed E-state index contributed by atoms with van der Waals surface area (Å²) >= 11 is 4.94. The molecule has 0 saturated carbocycles. The summed E-state index contributed by atoms with van der Waals surface area (Å²) in [6.45, 7) is 1.91. The zero-order valence-corrected chi connectivity index (χ0v) is 12.5. The minimum absolute atomic E-state index is 0.232. The first-order chi connectivity index (χ1) is 8.60. The Hall–Kier alpha value is -1.20. The normalized spacial score (nSPS) is 10.4. The highest BCUT2D eigenvalue weighted by atomic mass is 79.9. The van der Waals surface area contributed by atoms with Gasteiger partial charge in [-0.15, -0.1) is 11.3 Å². The van der Waals surface area contributed by atoms with Crippen LogP contribution in [0.4, 0.5) is 0 Å². The molecule has 1 aromatic carbocycles. The van der Waals surface area contributed by atoms with E-state index in [9.17, 15) is 4.79 Å². The Kier molecular flexibility index (Phi) is 4.14. The van der Waals surface area contributed by atoms with Crippen molar-refractivity contribution in [1.29, 1.82) is 0 Å². The molecule has 0 fully saturated rings. The highest BCUT2D eigenvalue weighted by Gasteiger charge is 2.12. The topological polar surface area (TPSA) is 39.2 Å². The van der Waals surface area contributed by atoms with Crippen LogP contribution in [0.2, 0.25) is 0 Å². The van der Waals surface area contributed by atoms with Crippen molar-refractivity contribution in [3.8, 4) is 10.6 Å². The average Bonchev–Trinajstić information content (AvgIpc) is 2.71. The fraction of sp³-hybridized carbons (Fsp3) is 0.231. The van der Waals surface area contributed by atoms with Crippen molar-refractivity contribution < 1.29 is 9.53 Å². The summed E-state index contributed by atoms with van der Waals surface area (Å²) in [6, 6.07) is 7.96. The van der Waals surface area contributed by atoms with Crippen molar-refractivity contribution in [2.24, 2.45) is 0 Å². The molecule has 0 radical (unpaired) electrons. The van der Waals surface area contributed by atoms with E-state index in [0.717, 1.165) is 25.6 Å². The van der Waals surface area contributed by atoms with Gasteiger partial charge >= 0.3 is 5.97 Å². The molecule has 1 aromatic heterocycles. The Morgan fingerprint density at radius 2 is 2.06 bits per heavy atom. The third-order valence-corrected chi connectivity index (χ3v) is 4.25. The fourth-order valence-electron chi connectivity index (χ4n) is 1.51. The van der Waals surface area contributed by atoms with Crippen LogP contribution in [0.25, 0.3) is 10.6 Å². The number of aromatic nitrogens is 1. The minimum atomic E-state index is -0.232. The van der Waals surface area contributed by atoms with Crippen LogP contribution < -0.4 is 0 Å². The standard InChI is InChI=1S/C13H12BrNO2S/c1-8-11(7-12(16)17-2)18-13(15-8)9-3-5-10(14)6-4-9/h3-6H,7H2,1-2H3. The number of halogens is 1. The number of carbonyl (C=O) groups excluding carboxylic acids is 1. The van der Waals surface area contributed by atoms with Crippen molar-refractivity contribution >= 4 is 33.2 Å². The van der Waals surface area contributed by atoms with Gasteiger partial charge in [0.15, 0.2) is 0 Å². The maximum absolute atomic E-state index is 11.3. The largest absolute Gasteiger partial charge is 0.469 e. The Bertz CT molecular complexity index is 563. The summed E-state index contributed by atoms with van der Waals surface area (Å²) < 4.78 is 5.71. The van der Waals surface area contributed by atoms with Gasteiger partial charge in [-0.2, -0.15) is 0 Å². The molecule has 0 atom stereocenters. The number of nitrogens with zero attached hydrogens (tertiary/aromatic N) is 1. The summed E-state index contributed by atoms with van der Waals surface area (Å²) in [4.78, 5) is 16.7. The molecule has 0 aliphatic heterocycles. The lowest BCUT2D eigenvalue weighted by Gasteiger charge is -1.96. The molecule has 0 aliphatic rings. The number of benzene rings is 1. The van der Waals surface area contributed by atoms with E-state index in [1.54, 1.807) is 0 Å². The average molecular weight is 326 g/mol. The predicted octanol–water partition coefficient (Wildman–Crippen LogP) is 3.60. The van der Waals surface area contributed by atoms with E-state index in [-0.39, 0.29) is 12.4 Å². The molecule has 1 heterocycles. The van der Waals surface area contributed by atoms with E-state index in [4.69, 9.17) is 0 Å². The quantitative estimate of drug-likeness (QED) is 0.809. The molecular weight excluding hydrogens is 314 g/mol. The second-order valence-electron chi connectivity index (χ2n) is 3.79. The second kappa shape index (κ2) is 5.63. The minimum Gasteiger partial charge on any atom is -0.469 e. The first-order valence-corrected chi connectivity index (χ1v) is 7.00. The predicted molar refractivity (Wildman–Crippen MR) is 75.7 cm³/mol. The smallest absolute Gasteiger partial charge is 0.310 e. The van der Waals surface area contributed by atoms with Crippen molar-refractivity contribution in [1.82, 2.24) is 4.98 Å². The van der Waals surface area contributed by atoms with Gasteiger partial charge in [0.25, 0.3) is 0 Å². The van der Waals surface area contributed by atoms with Gasteiger partial charge in [-0.05, 0) is 19.1 Å². The van der Waals surface area contributed by atoms with Crippen molar-refractivity contribution in [2.45, 2.75) is 13.3 Å². The second-order valence-corrected chi connectivity index (χ2v) is 5.79. The molecule has 2 aromatic rings. The molecule has 0 saturated heterocycles. The number of hydrogen-bond donors (Lipinski definition) is 0. The number of thiazole rings is 1. The van der Waals surface area contributed by atoms with Crippen LogP contribution in [0.15, 0.2) is 28.7 Å². The van der Waals surface area contributed by atoms with Crippen LogP contribution in [-0.2, 0) is 16.0 Å². The molecule has 94 valence electrons. The van der Waals surface area contributed by atoms with E-state index in [0.29, 0.717) is 0 Å². The summed E-state index contributed by atoms with van der Waals surface area (Å²) in [5.74, 6) is -0.232. The third kappa shape index (κ3) is 2.97. The Balaban J connectivity index is 2.28. The van der Waals surface area contributed by atoms with Crippen molar-refractivity contribution in [3.63, 3.8) is 0 Å². The highest BCUT2D eigenvalue weighted by molar-refractivity contribution is 9.10. The van der Waals surface area contributed by atoms with E-state index >= 15 is 0 Å². The Labute approximate surface area is 118 Å². The number of esters is 1. The first-order valence-electron chi connectivity index (χ1n) is 5.39. The van der Waals surface area contributed by atoms with E-state index < -0.39 is 0 Å². The van der Waals surface area contributed by atoms with Crippen molar-refractivity contribution in [2.75, 3.05) is 7.11 Å². The summed E-state index contributed by atoms with van der Waals surface area (Å²) in [5.41, 5.74) is 1.95. The number of methoxy groups -OCH3 is 1. The van der Waals surface area contributed by atoms with Gasteiger partial charge in [-0.25, -0.2) is 4.98 Å².